The normalized spacial score (nSPS) is 17.6. The molecule has 1 aromatic carbocycles. The summed E-state index contributed by atoms with van der Waals surface area (Å²) in [7, 11) is 1.28. The van der Waals surface area contributed by atoms with Gasteiger partial charge in [-0.1, -0.05) is 0 Å². The van der Waals surface area contributed by atoms with Crippen molar-refractivity contribution in [2.75, 3.05) is 7.11 Å². The lowest BCUT2D eigenvalue weighted by atomic mass is 10.1. The van der Waals surface area contributed by atoms with Crippen LogP contribution in [-0.2, 0) is 6.42 Å². The molecule has 1 aromatic rings. The van der Waals surface area contributed by atoms with E-state index in [9.17, 15) is 13.9 Å². The number of hydrogen-bond acceptors (Lipinski definition) is 2. The van der Waals surface area contributed by atoms with Gasteiger partial charge in [-0.15, -0.1) is 0 Å². The van der Waals surface area contributed by atoms with E-state index in [1.807, 2.05) is 0 Å². The SMILES string of the molecule is COc1cc(F)c(CC2(O)CC2)cc1F. The van der Waals surface area contributed by atoms with E-state index in [-0.39, 0.29) is 17.7 Å². The Kier molecular flexibility index (Phi) is 2.38. The Morgan fingerprint density at radius 2 is 2.00 bits per heavy atom. The zero-order chi connectivity index (χ0) is 11.1. The van der Waals surface area contributed by atoms with Gasteiger partial charge in [-0.25, -0.2) is 8.78 Å². The van der Waals surface area contributed by atoms with Crippen LogP contribution in [0.2, 0.25) is 0 Å². The van der Waals surface area contributed by atoms with Crippen LogP contribution < -0.4 is 4.74 Å². The number of halogens is 2. The summed E-state index contributed by atoms with van der Waals surface area (Å²) in [4.78, 5) is 0. The summed E-state index contributed by atoms with van der Waals surface area (Å²) in [5, 5.41) is 9.60. The molecule has 2 nitrogen and oxygen atoms in total. The molecule has 0 aromatic heterocycles. The first-order valence-electron chi connectivity index (χ1n) is 4.78. The lowest BCUT2D eigenvalue weighted by Crippen LogP contribution is -2.12. The van der Waals surface area contributed by atoms with Crippen molar-refractivity contribution in [3.8, 4) is 5.75 Å². The van der Waals surface area contributed by atoms with Crippen molar-refractivity contribution in [3.05, 3.63) is 29.3 Å². The monoisotopic (exact) mass is 214 g/mol. The average molecular weight is 214 g/mol. The Bertz CT molecular complexity index is 386. The van der Waals surface area contributed by atoms with Gasteiger partial charge in [0.05, 0.1) is 12.7 Å². The Labute approximate surface area is 86.5 Å². The molecule has 0 bridgehead atoms. The second kappa shape index (κ2) is 3.45. The van der Waals surface area contributed by atoms with Gasteiger partial charge >= 0.3 is 0 Å². The first kappa shape index (κ1) is 10.4. The standard InChI is InChI=1S/C11H12F2O2/c1-15-10-5-8(12)7(4-9(10)13)6-11(14)2-3-11/h4-5,14H,2-3,6H2,1H3. The first-order valence-corrected chi connectivity index (χ1v) is 4.78. The molecular formula is C11H12F2O2. The fraction of sp³-hybridized carbons (Fsp3) is 0.455. The minimum atomic E-state index is -0.818. The van der Waals surface area contributed by atoms with E-state index in [1.54, 1.807) is 0 Å². The van der Waals surface area contributed by atoms with Gasteiger partial charge in [-0.2, -0.15) is 0 Å². The van der Waals surface area contributed by atoms with Gasteiger partial charge in [0.2, 0.25) is 0 Å². The van der Waals surface area contributed by atoms with Crippen LogP contribution in [0.1, 0.15) is 18.4 Å². The van der Waals surface area contributed by atoms with Crippen molar-refractivity contribution in [1.29, 1.82) is 0 Å². The fourth-order valence-corrected chi connectivity index (χ4v) is 1.54. The Morgan fingerprint density at radius 1 is 1.33 bits per heavy atom. The third-order valence-corrected chi connectivity index (χ3v) is 2.67. The molecule has 1 aliphatic carbocycles. The molecule has 1 fully saturated rings. The van der Waals surface area contributed by atoms with Crippen LogP contribution >= 0.6 is 0 Å². The molecule has 0 spiro atoms. The maximum Gasteiger partial charge on any atom is 0.165 e. The lowest BCUT2D eigenvalue weighted by molar-refractivity contribution is 0.149. The number of rotatable bonds is 3. The molecule has 1 aliphatic rings. The van der Waals surface area contributed by atoms with Crippen LogP contribution in [0.15, 0.2) is 12.1 Å². The van der Waals surface area contributed by atoms with Crippen LogP contribution in [-0.4, -0.2) is 17.8 Å². The topological polar surface area (TPSA) is 29.5 Å². The van der Waals surface area contributed by atoms with E-state index < -0.39 is 17.2 Å². The lowest BCUT2D eigenvalue weighted by Gasteiger charge is -2.10. The fourth-order valence-electron chi connectivity index (χ4n) is 1.54. The molecule has 0 atom stereocenters. The Balaban J connectivity index is 2.28. The van der Waals surface area contributed by atoms with Gasteiger partial charge in [-0.05, 0) is 24.5 Å². The third kappa shape index (κ3) is 2.09. The highest BCUT2D eigenvalue weighted by atomic mass is 19.1. The van der Waals surface area contributed by atoms with Gasteiger partial charge in [-0.3, -0.25) is 0 Å². The molecular weight excluding hydrogens is 202 g/mol. The summed E-state index contributed by atoms with van der Waals surface area (Å²) in [6.45, 7) is 0. The predicted octanol–water partition coefficient (Wildman–Crippen LogP) is 2.04. The zero-order valence-electron chi connectivity index (χ0n) is 8.39. The predicted molar refractivity (Wildman–Crippen MR) is 50.8 cm³/mol. The van der Waals surface area contributed by atoms with Gasteiger partial charge in [0.15, 0.2) is 11.6 Å². The number of hydrogen-bond donors (Lipinski definition) is 1. The summed E-state index contributed by atoms with van der Waals surface area (Å²) in [5.74, 6) is -1.24. The smallest absolute Gasteiger partial charge is 0.165 e. The van der Waals surface area contributed by atoms with E-state index in [2.05, 4.69) is 4.74 Å². The molecule has 0 unspecified atom stereocenters. The zero-order valence-corrected chi connectivity index (χ0v) is 8.39. The molecule has 2 rings (SSSR count). The molecule has 1 saturated carbocycles. The van der Waals surface area contributed by atoms with Crippen molar-refractivity contribution in [1.82, 2.24) is 0 Å². The summed E-state index contributed by atoms with van der Waals surface area (Å²) in [6, 6.07) is 2.10. The summed E-state index contributed by atoms with van der Waals surface area (Å²) in [5.41, 5.74) is -0.615. The van der Waals surface area contributed by atoms with E-state index >= 15 is 0 Å². The average Bonchev–Trinajstić information content (AvgIpc) is 2.89. The first-order chi connectivity index (χ1) is 7.04. The maximum absolute atomic E-state index is 13.4. The van der Waals surface area contributed by atoms with E-state index in [0.29, 0.717) is 12.8 Å². The minimum absolute atomic E-state index is 0.112. The molecule has 0 heterocycles. The van der Waals surface area contributed by atoms with Gasteiger partial charge in [0.25, 0.3) is 0 Å². The minimum Gasteiger partial charge on any atom is -0.494 e. The molecule has 0 saturated heterocycles. The van der Waals surface area contributed by atoms with Crippen LogP contribution in [0.3, 0.4) is 0 Å². The van der Waals surface area contributed by atoms with Crippen LogP contribution in [0, 0.1) is 11.6 Å². The highest BCUT2D eigenvalue weighted by Crippen LogP contribution is 2.39. The molecule has 82 valence electrons. The van der Waals surface area contributed by atoms with Crippen LogP contribution in [0.4, 0.5) is 8.78 Å². The number of ether oxygens (including phenoxy) is 1. The quantitative estimate of drug-likeness (QED) is 0.834. The number of methoxy groups -OCH3 is 1. The number of benzene rings is 1. The second-order valence-electron chi connectivity index (χ2n) is 3.98. The highest BCUT2D eigenvalue weighted by molar-refractivity contribution is 5.32. The van der Waals surface area contributed by atoms with E-state index in [0.717, 1.165) is 12.1 Å². The van der Waals surface area contributed by atoms with Crippen molar-refractivity contribution in [2.45, 2.75) is 24.9 Å². The van der Waals surface area contributed by atoms with E-state index in [4.69, 9.17) is 0 Å². The molecule has 1 N–H and O–H groups in total. The van der Waals surface area contributed by atoms with Gasteiger partial charge in [0.1, 0.15) is 5.82 Å². The van der Waals surface area contributed by atoms with Crippen LogP contribution in [0.5, 0.6) is 5.75 Å². The van der Waals surface area contributed by atoms with E-state index in [1.165, 1.54) is 7.11 Å². The summed E-state index contributed by atoms with van der Waals surface area (Å²) < 4.78 is 31.3. The Morgan fingerprint density at radius 3 is 2.53 bits per heavy atom. The van der Waals surface area contributed by atoms with Crippen LogP contribution in [0.25, 0.3) is 0 Å². The third-order valence-electron chi connectivity index (χ3n) is 2.67. The highest BCUT2D eigenvalue weighted by Gasteiger charge is 2.40. The molecule has 0 amide bonds. The van der Waals surface area contributed by atoms with Gasteiger partial charge < -0.3 is 9.84 Å². The number of aliphatic hydroxyl groups is 1. The largest absolute Gasteiger partial charge is 0.494 e. The van der Waals surface area contributed by atoms with Gasteiger partial charge in [0, 0.05) is 12.5 Å². The Hall–Kier alpha value is -1.16. The van der Waals surface area contributed by atoms with Crippen molar-refractivity contribution < 1.29 is 18.6 Å². The second-order valence-corrected chi connectivity index (χ2v) is 3.98. The molecule has 4 heteroatoms. The molecule has 0 radical (unpaired) electrons. The summed E-state index contributed by atoms with van der Waals surface area (Å²) in [6.07, 6.45) is 1.47. The molecule has 15 heavy (non-hydrogen) atoms. The maximum atomic E-state index is 13.4. The van der Waals surface area contributed by atoms with Crippen molar-refractivity contribution in [2.24, 2.45) is 0 Å². The summed E-state index contributed by atoms with van der Waals surface area (Å²) >= 11 is 0. The van der Waals surface area contributed by atoms with Crippen molar-refractivity contribution in [3.63, 3.8) is 0 Å². The molecule has 0 aliphatic heterocycles. The van der Waals surface area contributed by atoms with Crippen molar-refractivity contribution >= 4 is 0 Å².